The number of hydrogen-bond acceptors (Lipinski definition) is 0. The number of rotatable bonds is 4. The minimum atomic E-state index is 0.252. The number of hydrogen-bond donors (Lipinski definition) is 0. The second-order valence-corrected chi connectivity index (χ2v) is 15.7. The van der Waals surface area contributed by atoms with Crippen LogP contribution < -0.4 is 10.4 Å². The van der Waals surface area contributed by atoms with E-state index in [2.05, 4.69) is 176 Å². The number of aryl methyl sites for hydroxylation is 2. The molecule has 0 amide bonds. The Labute approximate surface area is 318 Å². The average Bonchev–Trinajstić information content (AvgIpc) is 3.24. The number of fused-ring (bicyclic) bond motifs is 6. The highest BCUT2D eigenvalue weighted by Crippen LogP contribution is 2.46. The van der Waals surface area contributed by atoms with E-state index in [1.165, 1.54) is 93.6 Å². The van der Waals surface area contributed by atoms with Gasteiger partial charge in [-0.05, 0) is 132 Å². The van der Waals surface area contributed by atoms with Gasteiger partial charge >= 0.3 is 0 Å². The molecule has 0 nitrogen and oxygen atoms in total. The quantitative estimate of drug-likeness (QED) is 0.176. The first kappa shape index (κ1) is 31.5. The van der Waals surface area contributed by atoms with Gasteiger partial charge < -0.3 is 0 Å². The minimum absolute atomic E-state index is 0.252. The smallest absolute Gasteiger partial charge is 0.0137 e. The Bertz CT molecular complexity index is 2800. The summed E-state index contributed by atoms with van der Waals surface area (Å²) in [6.45, 7) is 0. The predicted molar refractivity (Wildman–Crippen MR) is 229 cm³/mol. The molecule has 5 aromatic rings. The Morgan fingerprint density at radius 3 is 2.19 bits per heavy atom. The van der Waals surface area contributed by atoms with Gasteiger partial charge in [-0.3, -0.25) is 0 Å². The molecule has 0 spiro atoms. The molecule has 0 aromatic heterocycles. The fraction of sp³-hybridized carbons (Fsp3) is 0.148. The summed E-state index contributed by atoms with van der Waals surface area (Å²) in [4.78, 5) is 0. The molecule has 0 saturated heterocycles. The molecule has 258 valence electrons. The molecule has 5 aromatic carbocycles. The van der Waals surface area contributed by atoms with Gasteiger partial charge in [-0.25, -0.2) is 0 Å². The number of benzene rings is 5. The lowest BCUT2D eigenvalue weighted by atomic mass is 9.67. The van der Waals surface area contributed by atoms with Gasteiger partial charge in [0.15, 0.2) is 0 Å². The van der Waals surface area contributed by atoms with Gasteiger partial charge in [0, 0.05) is 17.8 Å². The fourth-order valence-corrected chi connectivity index (χ4v) is 10.2. The first-order valence-electron chi connectivity index (χ1n) is 19.9. The highest BCUT2D eigenvalue weighted by Gasteiger charge is 2.34. The fourth-order valence-electron chi connectivity index (χ4n) is 10.2. The first-order chi connectivity index (χ1) is 26.8. The van der Waals surface area contributed by atoms with E-state index in [1.54, 1.807) is 0 Å². The molecule has 0 heteroatoms. The molecule has 0 N–H and O–H groups in total. The van der Waals surface area contributed by atoms with Crippen molar-refractivity contribution in [2.45, 2.75) is 32.1 Å². The molecule has 3 unspecified atom stereocenters. The Morgan fingerprint density at radius 1 is 0.537 bits per heavy atom. The van der Waals surface area contributed by atoms with Crippen LogP contribution >= 0.6 is 0 Å². The summed E-state index contributed by atoms with van der Waals surface area (Å²) in [5.41, 5.74) is 18.3. The zero-order chi connectivity index (χ0) is 35.6. The highest BCUT2D eigenvalue weighted by atomic mass is 14.4. The molecule has 0 heterocycles. The Balaban J connectivity index is 1.04. The SMILES string of the molecule is C1=CC2C(C3=CC=C4C=CC(c5ccc6c(c5)C=CCC6)=CC4C3)=c3ccccc3=C(c3cccc4c(C5=Cc6ccccc6CC5)cccc34)C2C=C1. The van der Waals surface area contributed by atoms with Crippen molar-refractivity contribution in [3.63, 3.8) is 0 Å². The lowest BCUT2D eigenvalue weighted by molar-refractivity contribution is 0.668. The number of allylic oxidation sites excluding steroid dienone is 14. The molecule has 0 radical (unpaired) electrons. The van der Waals surface area contributed by atoms with Crippen LogP contribution in [0, 0.1) is 17.8 Å². The van der Waals surface area contributed by atoms with Crippen molar-refractivity contribution in [1.82, 2.24) is 0 Å². The Kier molecular flexibility index (Phi) is 7.51. The summed E-state index contributed by atoms with van der Waals surface area (Å²) in [6, 6.07) is 39.2. The Hall–Kier alpha value is -5.98. The van der Waals surface area contributed by atoms with E-state index in [9.17, 15) is 0 Å². The van der Waals surface area contributed by atoms with Crippen LogP contribution in [0.3, 0.4) is 0 Å². The monoisotopic (exact) mass is 690 g/mol. The van der Waals surface area contributed by atoms with Gasteiger partial charge in [-0.1, -0.05) is 170 Å². The van der Waals surface area contributed by atoms with E-state index in [1.807, 2.05) is 0 Å². The largest absolute Gasteiger partial charge is 0.0836 e. The third-order valence-electron chi connectivity index (χ3n) is 12.8. The molecule has 54 heavy (non-hydrogen) atoms. The van der Waals surface area contributed by atoms with Crippen molar-refractivity contribution >= 4 is 45.2 Å². The molecule has 6 aliphatic rings. The van der Waals surface area contributed by atoms with E-state index in [0.29, 0.717) is 5.92 Å². The van der Waals surface area contributed by atoms with Gasteiger partial charge in [-0.15, -0.1) is 0 Å². The van der Waals surface area contributed by atoms with E-state index in [4.69, 9.17) is 0 Å². The molecule has 11 rings (SSSR count). The van der Waals surface area contributed by atoms with Crippen molar-refractivity contribution in [2.24, 2.45) is 17.8 Å². The van der Waals surface area contributed by atoms with Crippen molar-refractivity contribution in [1.29, 1.82) is 0 Å². The van der Waals surface area contributed by atoms with Gasteiger partial charge in [0.1, 0.15) is 0 Å². The van der Waals surface area contributed by atoms with E-state index in [-0.39, 0.29) is 11.8 Å². The summed E-state index contributed by atoms with van der Waals surface area (Å²) in [5, 5.41) is 5.45. The lowest BCUT2D eigenvalue weighted by Gasteiger charge is -2.36. The van der Waals surface area contributed by atoms with Crippen LogP contribution in [0.25, 0.3) is 45.2 Å². The zero-order valence-corrected chi connectivity index (χ0v) is 30.5. The van der Waals surface area contributed by atoms with Gasteiger partial charge in [0.05, 0.1) is 0 Å². The molecule has 6 aliphatic carbocycles. The van der Waals surface area contributed by atoms with Crippen LogP contribution in [0.5, 0.6) is 0 Å². The summed E-state index contributed by atoms with van der Waals surface area (Å²) in [6.07, 6.45) is 34.0. The highest BCUT2D eigenvalue weighted by molar-refractivity contribution is 6.03. The second kappa shape index (κ2) is 12.9. The van der Waals surface area contributed by atoms with Crippen LogP contribution in [0.4, 0.5) is 0 Å². The van der Waals surface area contributed by atoms with Crippen molar-refractivity contribution < 1.29 is 0 Å². The summed E-state index contributed by atoms with van der Waals surface area (Å²) in [7, 11) is 0. The summed E-state index contributed by atoms with van der Waals surface area (Å²) < 4.78 is 0. The topological polar surface area (TPSA) is 0 Å². The van der Waals surface area contributed by atoms with E-state index < -0.39 is 0 Å². The maximum absolute atomic E-state index is 2.53. The summed E-state index contributed by atoms with van der Waals surface area (Å²) >= 11 is 0. The van der Waals surface area contributed by atoms with E-state index in [0.717, 1.165) is 32.1 Å². The second-order valence-electron chi connectivity index (χ2n) is 15.7. The molecule has 0 bridgehead atoms. The molecule has 0 fully saturated rings. The maximum Gasteiger partial charge on any atom is 0.0137 e. The van der Waals surface area contributed by atoms with Crippen molar-refractivity contribution in [2.75, 3.05) is 0 Å². The van der Waals surface area contributed by atoms with Crippen LogP contribution in [0.15, 0.2) is 175 Å². The van der Waals surface area contributed by atoms with Crippen LogP contribution in [-0.2, 0) is 12.8 Å². The lowest BCUT2D eigenvalue weighted by Crippen LogP contribution is -2.40. The normalized spacial score (nSPS) is 22.0. The third kappa shape index (κ3) is 5.19. The average molecular weight is 691 g/mol. The molecular weight excluding hydrogens is 649 g/mol. The van der Waals surface area contributed by atoms with Crippen molar-refractivity contribution in [3.05, 3.63) is 224 Å². The molecule has 0 aliphatic heterocycles. The van der Waals surface area contributed by atoms with Crippen molar-refractivity contribution in [3.8, 4) is 0 Å². The van der Waals surface area contributed by atoms with Gasteiger partial charge in [-0.2, -0.15) is 0 Å². The van der Waals surface area contributed by atoms with Gasteiger partial charge in [0.2, 0.25) is 0 Å². The molecular formula is C54H42. The summed E-state index contributed by atoms with van der Waals surface area (Å²) in [5.74, 6) is 0.884. The van der Waals surface area contributed by atoms with Crippen LogP contribution in [-0.4, -0.2) is 0 Å². The predicted octanol–water partition coefficient (Wildman–Crippen LogP) is 11.5. The van der Waals surface area contributed by atoms with Crippen LogP contribution in [0.2, 0.25) is 0 Å². The van der Waals surface area contributed by atoms with Crippen LogP contribution in [0.1, 0.15) is 58.2 Å². The first-order valence-corrected chi connectivity index (χ1v) is 19.9. The molecule has 3 atom stereocenters. The Morgan fingerprint density at radius 2 is 1.30 bits per heavy atom. The van der Waals surface area contributed by atoms with Gasteiger partial charge in [0.25, 0.3) is 0 Å². The standard InChI is InChI=1S/C54H42/c1-3-13-38-31-40(27-23-35(38)11-1)41-28-24-37-26-30-43(34-44(37)33-41)53-49-15-5-7-17-51(49)54(52-18-8-6-16-50(52)53)48-22-10-20-46-45(19-9-21-47(46)48)42-29-25-36-12-2-4-14-39(36)32-42/h2-10,12-24,26-28,30-33,44,49,51H,1,11,25,29,34H2. The zero-order valence-electron chi connectivity index (χ0n) is 30.5. The minimum Gasteiger partial charge on any atom is -0.0836 e. The van der Waals surface area contributed by atoms with E-state index >= 15 is 0 Å². The third-order valence-corrected chi connectivity index (χ3v) is 12.8. The maximum atomic E-state index is 2.53. The molecule has 0 saturated carbocycles.